The molecule has 10 heteroatoms. The lowest BCUT2D eigenvalue weighted by Gasteiger charge is -2.10. The van der Waals surface area contributed by atoms with Crippen molar-refractivity contribution >= 4 is 23.4 Å². The molecule has 2 heterocycles. The van der Waals surface area contributed by atoms with Crippen LogP contribution in [0.2, 0.25) is 0 Å². The maximum atomic E-state index is 12.2. The third-order valence-corrected chi connectivity index (χ3v) is 4.03. The summed E-state index contributed by atoms with van der Waals surface area (Å²) in [4.78, 5) is 35.9. The summed E-state index contributed by atoms with van der Waals surface area (Å²) in [6, 6.07) is 0. The van der Waals surface area contributed by atoms with Crippen LogP contribution < -0.4 is 17.0 Å². The Morgan fingerprint density at radius 2 is 1.95 bits per heavy atom. The van der Waals surface area contributed by atoms with Crippen LogP contribution in [0.3, 0.4) is 0 Å². The van der Waals surface area contributed by atoms with Gasteiger partial charge in [-0.2, -0.15) is 0 Å². The molecule has 0 aliphatic rings. The quantitative estimate of drug-likeness (QED) is 0.555. The topological polar surface area (TPSA) is 118 Å². The summed E-state index contributed by atoms with van der Waals surface area (Å²) in [5, 5.41) is 8.07. The van der Waals surface area contributed by atoms with Crippen molar-refractivity contribution in [3.63, 3.8) is 0 Å². The van der Waals surface area contributed by atoms with Gasteiger partial charge in [-0.05, 0) is 0 Å². The first-order valence-electron chi connectivity index (χ1n) is 5.90. The van der Waals surface area contributed by atoms with E-state index in [9.17, 15) is 14.4 Å². The molecule has 0 saturated carbocycles. The number of nitrogens with two attached hydrogens (primary N) is 1. The molecule has 0 fully saturated rings. The number of aryl methyl sites for hydroxylation is 1. The molecule has 0 aromatic carbocycles. The van der Waals surface area contributed by atoms with Crippen molar-refractivity contribution < 1.29 is 4.79 Å². The van der Waals surface area contributed by atoms with Crippen LogP contribution >= 0.6 is 11.8 Å². The first-order valence-corrected chi connectivity index (χ1v) is 6.88. The molecular weight excluding hydrogens is 296 g/mol. The largest absolute Gasteiger partial charge is 0.384 e. The predicted molar refractivity (Wildman–Crippen MR) is 77.4 cm³/mol. The number of ketones is 1. The molecule has 0 aliphatic heterocycles. The van der Waals surface area contributed by atoms with Gasteiger partial charge in [-0.3, -0.25) is 18.7 Å². The van der Waals surface area contributed by atoms with Crippen molar-refractivity contribution in [1.82, 2.24) is 23.9 Å². The monoisotopic (exact) mass is 310 g/mol. The highest BCUT2D eigenvalue weighted by molar-refractivity contribution is 7.99. The van der Waals surface area contributed by atoms with Crippen LogP contribution in [0.15, 0.2) is 21.1 Å². The Morgan fingerprint density at radius 1 is 1.29 bits per heavy atom. The average Bonchev–Trinajstić information content (AvgIpc) is 2.86. The molecule has 0 saturated heterocycles. The van der Waals surface area contributed by atoms with Crippen molar-refractivity contribution in [2.75, 3.05) is 11.5 Å². The Bertz CT molecular complexity index is 818. The molecule has 0 radical (unpaired) electrons. The highest BCUT2D eigenvalue weighted by atomic mass is 32.2. The molecule has 0 aliphatic carbocycles. The molecule has 2 rings (SSSR count). The zero-order chi connectivity index (χ0) is 15.7. The Hall–Kier alpha value is -2.36. The van der Waals surface area contributed by atoms with Gasteiger partial charge < -0.3 is 10.3 Å². The molecular formula is C11H14N6O3S. The number of hydrogen-bond donors (Lipinski definition) is 1. The molecule has 0 spiro atoms. The lowest BCUT2D eigenvalue weighted by molar-refractivity contribution is 0.102. The Kier molecular flexibility index (Phi) is 3.98. The molecule has 21 heavy (non-hydrogen) atoms. The number of nitrogens with zero attached hydrogens (tertiary/aromatic N) is 5. The van der Waals surface area contributed by atoms with E-state index in [1.807, 2.05) is 0 Å². The van der Waals surface area contributed by atoms with Crippen LogP contribution in [0.25, 0.3) is 0 Å². The van der Waals surface area contributed by atoms with Gasteiger partial charge in [0, 0.05) is 21.1 Å². The number of carbonyl (C=O) groups excluding carboxylic acids is 1. The summed E-state index contributed by atoms with van der Waals surface area (Å²) in [5.41, 5.74) is 4.26. The summed E-state index contributed by atoms with van der Waals surface area (Å²) in [6.07, 6.45) is 1.51. The van der Waals surface area contributed by atoms with Crippen molar-refractivity contribution in [2.24, 2.45) is 21.1 Å². The molecule has 2 aromatic rings. The van der Waals surface area contributed by atoms with E-state index in [0.29, 0.717) is 5.16 Å². The predicted octanol–water partition coefficient (Wildman–Crippen LogP) is -1.23. The lowest BCUT2D eigenvalue weighted by atomic mass is 10.2. The Labute approximate surface area is 123 Å². The zero-order valence-corrected chi connectivity index (χ0v) is 12.5. The number of rotatable bonds is 4. The molecule has 0 amide bonds. The molecule has 9 nitrogen and oxygen atoms in total. The van der Waals surface area contributed by atoms with E-state index < -0.39 is 17.0 Å². The summed E-state index contributed by atoms with van der Waals surface area (Å²) in [6.45, 7) is 0. The van der Waals surface area contributed by atoms with Gasteiger partial charge >= 0.3 is 5.69 Å². The first-order chi connectivity index (χ1) is 9.84. The van der Waals surface area contributed by atoms with Crippen LogP contribution in [-0.2, 0) is 21.1 Å². The maximum absolute atomic E-state index is 12.2. The zero-order valence-electron chi connectivity index (χ0n) is 11.7. The standard InChI is InChI=1S/C11H14N6O3S/c1-15-5-13-14-10(15)21-4-6(18)7-8(12)16(2)11(20)17(3)9(7)19/h5H,4,12H2,1-3H3. The molecule has 2 N–H and O–H groups in total. The van der Waals surface area contributed by atoms with Gasteiger partial charge in [0.15, 0.2) is 10.9 Å². The minimum absolute atomic E-state index is 0.0236. The van der Waals surface area contributed by atoms with Gasteiger partial charge in [0.1, 0.15) is 17.7 Å². The van der Waals surface area contributed by atoms with Gasteiger partial charge in [0.25, 0.3) is 5.56 Å². The van der Waals surface area contributed by atoms with E-state index in [0.717, 1.165) is 20.9 Å². The Morgan fingerprint density at radius 3 is 2.52 bits per heavy atom. The third-order valence-electron chi connectivity index (χ3n) is 2.99. The minimum atomic E-state index is -0.695. The molecule has 2 aromatic heterocycles. The number of thioether (sulfide) groups is 1. The third kappa shape index (κ3) is 2.61. The van der Waals surface area contributed by atoms with E-state index in [1.165, 1.54) is 20.4 Å². The van der Waals surface area contributed by atoms with E-state index >= 15 is 0 Å². The fourth-order valence-electron chi connectivity index (χ4n) is 1.73. The van der Waals surface area contributed by atoms with Crippen LogP contribution in [-0.4, -0.2) is 35.4 Å². The van der Waals surface area contributed by atoms with Crippen molar-refractivity contribution in [1.29, 1.82) is 0 Å². The van der Waals surface area contributed by atoms with Crippen LogP contribution in [0.4, 0.5) is 5.82 Å². The van der Waals surface area contributed by atoms with Gasteiger partial charge in [0.2, 0.25) is 0 Å². The normalized spacial score (nSPS) is 10.8. The summed E-state index contributed by atoms with van der Waals surface area (Å²) in [7, 11) is 4.45. The number of nitrogen functional groups attached to an aromatic ring is 1. The molecule has 112 valence electrons. The highest BCUT2D eigenvalue weighted by Crippen LogP contribution is 2.16. The number of Topliss-reactive ketones (excluding diaryl/α,β-unsaturated/α-hetero) is 1. The average molecular weight is 310 g/mol. The Balaban J connectivity index is 2.34. The first kappa shape index (κ1) is 15.0. The fourth-order valence-corrected chi connectivity index (χ4v) is 2.49. The summed E-state index contributed by atoms with van der Waals surface area (Å²) >= 11 is 1.14. The van der Waals surface area contributed by atoms with E-state index in [1.54, 1.807) is 11.6 Å². The summed E-state index contributed by atoms with van der Waals surface area (Å²) in [5.74, 6) is -0.618. The smallest absolute Gasteiger partial charge is 0.332 e. The van der Waals surface area contributed by atoms with Crippen molar-refractivity contribution in [3.05, 3.63) is 32.7 Å². The fraction of sp³-hybridized carbons (Fsp3) is 0.364. The van der Waals surface area contributed by atoms with Crippen LogP contribution in [0.1, 0.15) is 10.4 Å². The lowest BCUT2D eigenvalue weighted by Crippen LogP contribution is -2.41. The molecule has 0 bridgehead atoms. The SMILES string of the molecule is Cn1cnnc1SCC(=O)c1c(N)n(C)c(=O)n(C)c1=O. The van der Waals surface area contributed by atoms with Crippen LogP contribution in [0.5, 0.6) is 0 Å². The highest BCUT2D eigenvalue weighted by Gasteiger charge is 2.20. The van der Waals surface area contributed by atoms with E-state index in [4.69, 9.17) is 5.73 Å². The van der Waals surface area contributed by atoms with Gasteiger partial charge in [-0.15, -0.1) is 10.2 Å². The second kappa shape index (κ2) is 5.56. The molecule has 0 unspecified atom stereocenters. The van der Waals surface area contributed by atoms with Gasteiger partial charge in [-0.25, -0.2) is 4.79 Å². The second-order valence-corrected chi connectivity index (χ2v) is 5.34. The van der Waals surface area contributed by atoms with Gasteiger partial charge in [0.05, 0.1) is 5.75 Å². The second-order valence-electron chi connectivity index (χ2n) is 4.40. The molecule has 0 atom stereocenters. The van der Waals surface area contributed by atoms with Gasteiger partial charge in [-0.1, -0.05) is 11.8 Å². The van der Waals surface area contributed by atoms with E-state index in [-0.39, 0.29) is 17.1 Å². The summed E-state index contributed by atoms with van der Waals surface area (Å²) < 4.78 is 3.58. The van der Waals surface area contributed by atoms with E-state index in [2.05, 4.69) is 10.2 Å². The van der Waals surface area contributed by atoms with Crippen molar-refractivity contribution in [3.8, 4) is 0 Å². The number of hydrogen-bond acceptors (Lipinski definition) is 7. The minimum Gasteiger partial charge on any atom is -0.384 e. The number of anilines is 1. The van der Waals surface area contributed by atoms with Crippen LogP contribution in [0, 0.1) is 0 Å². The number of aromatic nitrogens is 5. The van der Waals surface area contributed by atoms with Crippen molar-refractivity contribution in [2.45, 2.75) is 5.16 Å². The number of carbonyl (C=O) groups is 1. The maximum Gasteiger partial charge on any atom is 0.332 e.